The van der Waals surface area contributed by atoms with Crippen LogP contribution >= 0.6 is 0 Å². The lowest BCUT2D eigenvalue weighted by Crippen LogP contribution is -2.17. The van der Waals surface area contributed by atoms with Crippen LogP contribution in [0.2, 0.25) is 0 Å². The molecular formula is C32H31N3O2. The second-order valence-electron chi connectivity index (χ2n) is 9.31. The number of anilines is 1. The van der Waals surface area contributed by atoms with E-state index < -0.39 is 0 Å². The lowest BCUT2D eigenvalue weighted by molar-refractivity contribution is -0.116. The van der Waals surface area contributed by atoms with Crippen molar-refractivity contribution >= 4 is 23.9 Å². The molecule has 0 saturated carbocycles. The average Bonchev–Trinajstić information content (AvgIpc) is 2.93. The molecule has 1 aliphatic carbocycles. The molecule has 4 aromatic rings. The summed E-state index contributed by atoms with van der Waals surface area (Å²) in [5.74, 6) is 0.482. The molecule has 5 heteroatoms. The fraction of sp³-hybridized carbons (Fsp3) is 0.219. The van der Waals surface area contributed by atoms with Gasteiger partial charge in [0.05, 0.1) is 18.0 Å². The zero-order chi connectivity index (χ0) is 25.5. The van der Waals surface area contributed by atoms with Crippen LogP contribution in [0, 0.1) is 0 Å². The Morgan fingerprint density at radius 2 is 1.70 bits per heavy atom. The average molecular weight is 490 g/mol. The highest BCUT2D eigenvalue weighted by molar-refractivity contribution is 5.92. The van der Waals surface area contributed by atoms with Crippen molar-refractivity contribution in [2.24, 2.45) is 0 Å². The summed E-state index contributed by atoms with van der Waals surface area (Å²) in [4.78, 5) is 22.8. The Hall–Kier alpha value is -4.09. The summed E-state index contributed by atoms with van der Waals surface area (Å²) >= 11 is 0. The largest absolute Gasteiger partial charge is 0.380 e. The number of amides is 1. The van der Waals surface area contributed by atoms with Gasteiger partial charge in [0.1, 0.15) is 5.69 Å². The Kier molecular flexibility index (Phi) is 7.82. The monoisotopic (exact) mass is 489 g/mol. The van der Waals surface area contributed by atoms with Gasteiger partial charge in [0.25, 0.3) is 0 Å². The third-order valence-corrected chi connectivity index (χ3v) is 6.57. The van der Waals surface area contributed by atoms with Gasteiger partial charge in [0.2, 0.25) is 5.91 Å². The van der Waals surface area contributed by atoms with Crippen LogP contribution in [0.25, 0.3) is 23.4 Å². The maximum atomic E-state index is 12.9. The van der Waals surface area contributed by atoms with Crippen LogP contribution in [-0.4, -0.2) is 23.0 Å². The molecular weight excluding hydrogens is 458 g/mol. The highest BCUT2D eigenvalue weighted by Crippen LogP contribution is 2.34. The van der Waals surface area contributed by atoms with Crippen molar-refractivity contribution in [2.75, 3.05) is 12.4 Å². The van der Waals surface area contributed by atoms with Crippen molar-refractivity contribution in [1.82, 2.24) is 9.97 Å². The summed E-state index contributed by atoms with van der Waals surface area (Å²) in [7, 11) is 1.71. The second kappa shape index (κ2) is 11.8. The first-order valence-electron chi connectivity index (χ1n) is 12.8. The number of carbonyl (C=O) groups excluding carboxylic acids is 1. The molecule has 0 spiro atoms. The molecule has 0 aliphatic heterocycles. The first kappa shape index (κ1) is 24.6. The molecule has 0 bridgehead atoms. The van der Waals surface area contributed by atoms with E-state index in [4.69, 9.17) is 14.7 Å². The van der Waals surface area contributed by atoms with E-state index in [0.29, 0.717) is 24.5 Å². The predicted molar refractivity (Wildman–Crippen MR) is 149 cm³/mol. The number of methoxy groups -OCH3 is 1. The van der Waals surface area contributed by atoms with Gasteiger partial charge in [-0.25, -0.2) is 9.97 Å². The number of hydrogen-bond donors (Lipinski definition) is 1. The molecule has 1 amide bonds. The predicted octanol–water partition coefficient (Wildman–Crippen LogP) is 6.52. The smallest absolute Gasteiger partial charge is 0.225 e. The molecule has 3 aromatic carbocycles. The van der Waals surface area contributed by atoms with Gasteiger partial charge in [-0.1, -0.05) is 84.9 Å². The normalized spacial score (nSPS) is 12.2. The fourth-order valence-corrected chi connectivity index (χ4v) is 4.71. The number of nitrogens with zero attached hydrogens (tertiary/aromatic N) is 2. The highest BCUT2D eigenvalue weighted by Gasteiger charge is 2.22. The van der Waals surface area contributed by atoms with Crippen LogP contribution in [0.15, 0.2) is 78.9 Å². The molecule has 1 N–H and O–H groups in total. The van der Waals surface area contributed by atoms with Crippen molar-refractivity contribution in [3.8, 4) is 11.3 Å². The number of nitrogens with one attached hydrogen (secondary N) is 1. The first-order valence-corrected chi connectivity index (χ1v) is 12.8. The quantitative estimate of drug-likeness (QED) is 0.291. The molecule has 186 valence electrons. The Morgan fingerprint density at radius 1 is 0.919 bits per heavy atom. The zero-order valence-electron chi connectivity index (χ0n) is 21.1. The number of rotatable bonds is 9. The molecule has 0 radical (unpaired) electrons. The van der Waals surface area contributed by atoms with E-state index in [1.54, 1.807) is 7.11 Å². The van der Waals surface area contributed by atoms with Crippen molar-refractivity contribution < 1.29 is 9.53 Å². The lowest BCUT2D eigenvalue weighted by atomic mass is 9.90. The number of fused-ring (bicyclic) bond motifs is 3. The second-order valence-corrected chi connectivity index (χ2v) is 9.31. The third-order valence-electron chi connectivity index (χ3n) is 6.57. The van der Waals surface area contributed by atoms with Gasteiger partial charge in [-0.2, -0.15) is 0 Å². The summed E-state index contributed by atoms with van der Waals surface area (Å²) in [6.07, 6.45) is 7.69. The van der Waals surface area contributed by atoms with E-state index in [0.717, 1.165) is 53.8 Å². The maximum Gasteiger partial charge on any atom is 0.225 e. The lowest BCUT2D eigenvalue weighted by Gasteiger charge is -2.21. The molecule has 37 heavy (non-hydrogen) atoms. The molecule has 0 unspecified atom stereocenters. The van der Waals surface area contributed by atoms with E-state index in [-0.39, 0.29) is 5.91 Å². The highest BCUT2D eigenvalue weighted by atomic mass is 16.5. The van der Waals surface area contributed by atoms with Crippen molar-refractivity contribution in [1.29, 1.82) is 0 Å². The van der Waals surface area contributed by atoms with Crippen LogP contribution in [-0.2, 0) is 35.4 Å². The molecule has 5 nitrogen and oxygen atoms in total. The Morgan fingerprint density at radius 3 is 2.49 bits per heavy atom. The number of ether oxygens (including phenoxy) is 1. The number of aryl methyl sites for hydroxylation is 3. The Labute approximate surface area is 218 Å². The van der Waals surface area contributed by atoms with Gasteiger partial charge in [-0.05, 0) is 54.0 Å². The molecule has 1 heterocycles. The van der Waals surface area contributed by atoms with Gasteiger partial charge in [-0.15, -0.1) is 0 Å². The molecule has 0 saturated heterocycles. The third kappa shape index (κ3) is 6.19. The summed E-state index contributed by atoms with van der Waals surface area (Å²) < 4.78 is 5.31. The first-order chi connectivity index (χ1) is 18.2. The van der Waals surface area contributed by atoms with Crippen LogP contribution in [0.4, 0.5) is 5.82 Å². The molecule has 1 aliphatic rings. The molecule has 1 aromatic heterocycles. The number of carbonyl (C=O) groups is 1. The minimum Gasteiger partial charge on any atom is -0.380 e. The Balaban J connectivity index is 1.41. The van der Waals surface area contributed by atoms with E-state index in [1.807, 2.05) is 60.7 Å². The summed E-state index contributed by atoms with van der Waals surface area (Å²) in [6.45, 7) is 0.589. The van der Waals surface area contributed by atoms with Crippen molar-refractivity contribution in [3.63, 3.8) is 0 Å². The van der Waals surface area contributed by atoms with Gasteiger partial charge >= 0.3 is 0 Å². The van der Waals surface area contributed by atoms with E-state index >= 15 is 0 Å². The summed E-state index contributed by atoms with van der Waals surface area (Å²) in [6, 6.07) is 26.7. The standard InChI is InChI=1S/C32H31N3O2/c1-37-22-25-15-18-27-26(21-25)17-20-28-31(27)33-29(19-16-24-11-6-3-7-12-24)32(34-28)35-30(36)14-8-13-23-9-4-2-5-10-23/h2-7,9-12,15-16,18-19,21H,8,13-14,17,20,22H2,1H3,(H,34,35,36)/b19-16+. The number of aromatic nitrogens is 2. The van der Waals surface area contributed by atoms with Crippen LogP contribution in [0.3, 0.4) is 0 Å². The number of benzene rings is 3. The Bertz CT molecular complexity index is 1400. The topological polar surface area (TPSA) is 64.1 Å². The fourth-order valence-electron chi connectivity index (χ4n) is 4.71. The van der Waals surface area contributed by atoms with Crippen molar-refractivity contribution in [2.45, 2.75) is 38.7 Å². The van der Waals surface area contributed by atoms with Crippen molar-refractivity contribution in [3.05, 3.63) is 113 Å². The minimum absolute atomic E-state index is 0.0417. The molecule has 0 atom stereocenters. The minimum atomic E-state index is -0.0417. The summed E-state index contributed by atoms with van der Waals surface area (Å²) in [5, 5.41) is 3.05. The number of hydrogen-bond acceptors (Lipinski definition) is 4. The van der Waals surface area contributed by atoms with Gasteiger partial charge < -0.3 is 10.1 Å². The van der Waals surface area contributed by atoms with Crippen LogP contribution in [0.5, 0.6) is 0 Å². The summed E-state index contributed by atoms with van der Waals surface area (Å²) in [5.41, 5.74) is 8.28. The SMILES string of the molecule is COCc1ccc2c(c1)CCc1nc(NC(=O)CCCc3ccccc3)c(/C=C/c3ccccc3)nc1-2. The zero-order valence-corrected chi connectivity index (χ0v) is 21.1. The van der Waals surface area contributed by atoms with Gasteiger partial charge in [-0.3, -0.25) is 4.79 Å². The van der Waals surface area contributed by atoms with E-state index in [9.17, 15) is 4.79 Å². The van der Waals surface area contributed by atoms with Crippen LogP contribution in [0.1, 0.15) is 46.5 Å². The van der Waals surface area contributed by atoms with Gasteiger partial charge in [0.15, 0.2) is 5.82 Å². The van der Waals surface area contributed by atoms with E-state index in [1.165, 1.54) is 11.1 Å². The maximum absolute atomic E-state index is 12.9. The van der Waals surface area contributed by atoms with Gasteiger partial charge in [0, 0.05) is 19.1 Å². The molecule has 0 fully saturated rings. The van der Waals surface area contributed by atoms with E-state index in [2.05, 4.69) is 35.6 Å². The molecule has 5 rings (SSSR count). The van der Waals surface area contributed by atoms with Crippen LogP contribution < -0.4 is 5.32 Å².